The van der Waals surface area contributed by atoms with E-state index in [0.717, 1.165) is 24.3 Å². The lowest BCUT2D eigenvalue weighted by atomic mass is 9.64. The molecule has 2 aromatic rings. The molecule has 0 radical (unpaired) electrons. The Balaban J connectivity index is 1.60. The predicted molar refractivity (Wildman–Crippen MR) is 194 cm³/mol. The largest absolute Gasteiger partial charge is 0.394 e. The Hall–Kier alpha value is -3.95. The van der Waals surface area contributed by atoms with Crippen LogP contribution in [0.15, 0.2) is 79.9 Å². The van der Waals surface area contributed by atoms with E-state index >= 15 is 4.79 Å². The standard InChI is InChI=1S/C40H54N4O5/c1-8-24-42(26-29-16-14-13-15-17-29)36(46)33-34-37(47)44(32(27-45)28(6)7)35(40(34)23-22-39(33,10-3)49-40)38(48)43(25-9-2)31-20-18-30(19-21-31)41(11-4)12-5/h8-9,13-21,28,32-35,45H,1-2,10-12,22-27H2,3-7H3/t32-,33-,34-,35?,39+,40?/m0/s1. The SMILES string of the molecule is C=CCN(Cc1ccccc1)C(=O)[C@@H]1[C@H]2C(=O)N([C@@H](CO)C(C)C)C(C(=O)N(CC=C)c3ccc(N(CC)CC)cc3)C23CC[C@@]1(CC)O3. The second-order valence-corrected chi connectivity index (χ2v) is 14.0. The fraction of sp³-hybridized carbons (Fsp3) is 0.525. The van der Waals surface area contributed by atoms with Crippen molar-refractivity contribution >= 4 is 29.1 Å². The summed E-state index contributed by atoms with van der Waals surface area (Å²) in [5.74, 6) is -2.56. The molecule has 3 saturated heterocycles. The van der Waals surface area contributed by atoms with Crippen LogP contribution in [0.3, 0.4) is 0 Å². The monoisotopic (exact) mass is 670 g/mol. The number of carbonyl (C=O) groups is 3. The smallest absolute Gasteiger partial charge is 0.253 e. The molecule has 3 aliphatic heterocycles. The van der Waals surface area contributed by atoms with E-state index in [0.29, 0.717) is 38.0 Å². The highest BCUT2D eigenvalue weighted by Gasteiger charge is 2.79. The van der Waals surface area contributed by atoms with E-state index in [2.05, 4.69) is 31.9 Å². The molecule has 6 atom stereocenters. The van der Waals surface area contributed by atoms with Gasteiger partial charge < -0.3 is 29.4 Å². The van der Waals surface area contributed by atoms with Crippen LogP contribution in [0, 0.1) is 17.8 Å². The molecule has 3 heterocycles. The summed E-state index contributed by atoms with van der Waals surface area (Å²) in [5.41, 5.74) is 0.601. The highest BCUT2D eigenvalue weighted by molar-refractivity contribution is 6.05. The Kier molecular flexibility index (Phi) is 11.0. The summed E-state index contributed by atoms with van der Waals surface area (Å²) >= 11 is 0. The van der Waals surface area contributed by atoms with Crippen LogP contribution in [0.2, 0.25) is 0 Å². The van der Waals surface area contributed by atoms with Crippen molar-refractivity contribution in [2.24, 2.45) is 17.8 Å². The first-order chi connectivity index (χ1) is 23.6. The van der Waals surface area contributed by atoms with E-state index in [-0.39, 0.29) is 36.8 Å². The summed E-state index contributed by atoms with van der Waals surface area (Å²) in [4.78, 5) is 52.1. The summed E-state index contributed by atoms with van der Waals surface area (Å²) in [6, 6.07) is 16.0. The molecular weight excluding hydrogens is 616 g/mol. The number of nitrogens with zero attached hydrogens (tertiary/aromatic N) is 4. The van der Waals surface area contributed by atoms with Gasteiger partial charge in [-0.25, -0.2) is 0 Å². The van der Waals surface area contributed by atoms with Crippen LogP contribution in [0.4, 0.5) is 11.4 Å². The van der Waals surface area contributed by atoms with Gasteiger partial charge in [-0.05, 0) is 68.9 Å². The van der Waals surface area contributed by atoms with Crippen LogP contribution in [0.1, 0.15) is 59.4 Å². The number of rotatable bonds is 16. The minimum Gasteiger partial charge on any atom is -0.394 e. The number of anilines is 2. The van der Waals surface area contributed by atoms with Crippen molar-refractivity contribution in [3.8, 4) is 0 Å². The van der Waals surface area contributed by atoms with Gasteiger partial charge in [0.15, 0.2) is 0 Å². The Labute approximate surface area is 292 Å². The highest BCUT2D eigenvalue weighted by Crippen LogP contribution is 2.65. The van der Waals surface area contributed by atoms with Gasteiger partial charge in [0, 0.05) is 44.1 Å². The zero-order valence-corrected chi connectivity index (χ0v) is 29.9. The molecule has 1 spiro atoms. The fourth-order valence-corrected chi connectivity index (χ4v) is 8.71. The summed E-state index contributed by atoms with van der Waals surface area (Å²) in [6.45, 7) is 20.3. The summed E-state index contributed by atoms with van der Waals surface area (Å²) in [6.07, 6.45) is 4.94. The average Bonchev–Trinajstić information content (AvgIpc) is 3.71. The first kappa shape index (κ1) is 36.3. The van der Waals surface area contributed by atoms with Crippen molar-refractivity contribution in [2.75, 3.05) is 42.6 Å². The maximum absolute atomic E-state index is 15.1. The van der Waals surface area contributed by atoms with Crippen LogP contribution < -0.4 is 9.80 Å². The van der Waals surface area contributed by atoms with Gasteiger partial charge in [0.1, 0.15) is 11.6 Å². The molecule has 0 aliphatic carbocycles. The lowest BCUT2D eigenvalue weighted by molar-refractivity contribution is -0.154. The van der Waals surface area contributed by atoms with Crippen molar-refractivity contribution in [3.05, 3.63) is 85.5 Å². The normalized spacial score (nSPS) is 26.1. The quantitative estimate of drug-likeness (QED) is 0.239. The summed E-state index contributed by atoms with van der Waals surface area (Å²) in [7, 11) is 0. The molecule has 3 fully saturated rings. The molecule has 2 unspecified atom stereocenters. The molecule has 9 nitrogen and oxygen atoms in total. The van der Waals surface area contributed by atoms with E-state index in [1.165, 1.54) is 0 Å². The minimum atomic E-state index is -1.22. The number of likely N-dealkylation sites (tertiary alicyclic amines) is 1. The number of fused-ring (bicyclic) bond motifs is 1. The predicted octanol–water partition coefficient (Wildman–Crippen LogP) is 5.44. The number of ether oxygens (including phenoxy) is 1. The Morgan fingerprint density at radius 2 is 1.59 bits per heavy atom. The van der Waals surface area contributed by atoms with Gasteiger partial charge in [0.25, 0.3) is 5.91 Å². The molecule has 1 N–H and O–H groups in total. The summed E-state index contributed by atoms with van der Waals surface area (Å²) in [5, 5.41) is 10.7. The Morgan fingerprint density at radius 1 is 0.959 bits per heavy atom. The number of benzene rings is 2. The molecule has 264 valence electrons. The number of hydrogen-bond donors (Lipinski definition) is 1. The topological polar surface area (TPSA) is 93.6 Å². The second-order valence-electron chi connectivity index (χ2n) is 14.0. The van der Waals surface area contributed by atoms with Crippen molar-refractivity contribution in [3.63, 3.8) is 0 Å². The number of aliphatic hydroxyl groups is 1. The van der Waals surface area contributed by atoms with E-state index in [4.69, 9.17) is 4.74 Å². The van der Waals surface area contributed by atoms with Crippen LogP contribution >= 0.6 is 0 Å². The third-order valence-electron chi connectivity index (χ3n) is 11.2. The zero-order valence-electron chi connectivity index (χ0n) is 29.9. The number of amides is 3. The van der Waals surface area contributed by atoms with Crippen molar-refractivity contribution < 1.29 is 24.2 Å². The maximum atomic E-state index is 15.1. The first-order valence-electron chi connectivity index (χ1n) is 17.9. The lowest BCUT2D eigenvalue weighted by Gasteiger charge is -2.41. The molecule has 2 aromatic carbocycles. The van der Waals surface area contributed by atoms with Crippen molar-refractivity contribution in [1.82, 2.24) is 9.80 Å². The van der Waals surface area contributed by atoms with Gasteiger partial charge in [-0.3, -0.25) is 14.4 Å². The van der Waals surface area contributed by atoms with Crippen LogP contribution in [0.25, 0.3) is 0 Å². The zero-order chi connectivity index (χ0) is 35.5. The third-order valence-corrected chi connectivity index (χ3v) is 11.2. The van der Waals surface area contributed by atoms with Gasteiger partial charge in [-0.2, -0.15) is 0 Å². The van der Waals surface area contributed by atoms with Gasteiger partial charge in [-0.15, -0.1) is 13.2 Å². The molecule has 0 saturated carbocycles. The van der Waals surface area contributed by atoms with Crippen LogP contribution in [-0.4, -0.2) is 88.7 Å². The number of aliphatic hydroxyl groups excluding tert-OH is 1. The van der Waals surface area contributed by atoms with E-state index in [1.807, 2.05) is 75.4 Å². The van der Waals surface area contributed by atoms with Crippen LogP contribution in [0.5, 0.6) is 0 Å². The number of hydrogen-bond acceptors (Lipinski definition) is 6. The molecule has 2 bridgehead atoms. The maximum Gasteiger partial charge on any atom is 0.253 e. The molecule has 3 amide bonds. The second kappa shape index (κ2) is 14.9. The van der Waals surface area contributed by atoms with Crippen LogP contribution in [-0.2, 0) is 25.7 Å². The fourth-order valence-electron chi connectivity index (χ4n) is 8.71. The number of carbonyl (C=O) groups excluding carboxylic acids is 3. The van der Waals surface area contributed by atoms with E-state index < -0.39 is 35.1 Å². The third kappa shape index (κ3) is 6.20. The molecule has 0 aromatic heterocycles. The van der Waals surface area contributed by atoms with Gasteiger partial charge >= 0.3 is 0 Å². The molecule has 9 heteroatoms. The first-order valence-corrected chi connectivity index (χ1v) is 17.9. The van der Waals surface area contributed by atoms with Crippen molar-refractivity contribution in [1.29, 1.82) is 0 Å². The molecular formula is C40H54N4O5. The average molecular weight is 671 g/mol. The molecule has 3 aliphatic rings. The summed E-state index contributed by atoms with van der Waals surface area (Å²) < 4.78 is 7.09. The van der Waals surface area contributed by atoms with Crippen molar-refractivity contribution in [2.45, 2.75) is 83.7 Å². The highest BCUT2D eigenvalue weighted by atomic mass is 16.5. The molecule has 49 heavy (non-hydrogen) atoms. The van der Waals surface area contributed by atoms with Gasteiger partial charge in [-0.1, -0.05) is 63.3 Å². The van der Waals surface area contributed by atoms with Gasteiger partial charge in [0.05, 0.1) is 30.1 Å². The lowest BCUT2D eigenvalue weighted by Crippen LogP contribution is -2.60. The van der Waals surface area contributed by atoms with E-state index in [1.54, 1.807) is 26.9 Å². The van der Waals surface area contributed by atoms with E-state index in [9.17, 15) is 14.7 Å². The Bertz CT molecular complexity index is 1510. The minimum absolute atomic E-state index is 0.150. The van der Waals surface area contributed by atoms with Gasteiger partial charge in [0.2, 0.25) is 11.8 Å². The Morgan fingerprint density at radius 3 is 2.14 bits per heavy atom. The molecule has 5 rings (SSSR count).